The molecule has 2 unspecified atom stereocenters. The van der Waals surface area contributed by atoms with Crippen molar-refractivity contribution < 1.29 is 4.79 Å². The van der Waals surface area contributed by atoms with Crippen molar-refractivity contribution in [3.63, 3.8) is 0 Å². The number of amides is 1. The third-order valence-corrected chi connectivity index (χ3v) is 5.65. The van der Waals surface area contributed by atoms with Gasteiger partial charge in [0.2, 0.25) is 0 Å². The summed E-state index contributed by atoms with van der Waals surface area (Å²) in [5, 5.41) is 13.5. The van der Waals surface area contributed by atoms with Crippen LogP contribution in [0, 0.1) is 16.7 Å². The molecule has 4 bridgehead atoms. The van der Waals surface area contributed by atoms with Crippen molar-refractivity contribution in [2.45, 2.75) is 57.9 Å². The van der Waals surface area contributed by atoms with E-state index in [1.165, 1.54) is 25.5 Å². The maximum atomic E-state index is 12.4. The number of aromatic nitrogens is 3. The topological polar surface area (TPSA) is 70.7 Å². The maximum Gasteiger partial charge on any atom is 0.273 e. The number of H-pyrrole nitrogens is 1. The zero-order chi connectivity index (χ0) is 14.0. The number of carbonyl (C=O) groups excluding carboxylic acids is 1. The molecule has 4 aliphatic rings. The molecule has 2 atom stereocenters. The van der Waals surface area contributed by atoms with E-state index in [0.717, 1.165) is 25.2 Å². The summed E-state index contributed by atoms with van der Waals surface area (Å²) in [5.41, 5.74) is 1.20. The molecule has 0 spiro atoms. The Balaban J connectivity index is 1.63. The van der Waals surface area contributed by atoms with E-state index in [2.05, 4.69) is 34.6 Å². The van der Waals surface area contributed by atoms with Gasteiger partial charge in [-0.25, -0.2) is 0 Å². The first-order valence-electron chi connectivity index (χ1n) is 7.58. The summed E-state index contributed by atoms with van der Waals surface area (Å²) in [7, 11) is 0. The molecule has 0 saturated heterocycles. The van der Waals surface area contributed by atoms with Crippen LogP contribution in [0.3, 0.4) is 0 Å². The van der Waals surface area contributed by atoms with Gasteiger partial charge >= 0.3 is 0 Å². The predicted octanol–water partition coefficient (Wildman–Crippen LogP) is 2.28. The molecule has 108 valence electrons. The van der Waals surface area contributed by atoms with Crippen LogP contribution in [0.2, 0.25) is 0 Å². The molecular weight excluding hydrogens is 252 g/mol. The zero-order valence-electron chi connectivity index (χ0n) is 12.2. The van der Waals surface area contributed by atoms with Crippen molar-refractivity contribution in [1.82, 2.24) is 20.7 Å². The Bertz CT molecular complexity index is 534. The van der Waals surface area contributed by atoms with Gasteiger partial charge in [0.1, 0.15) is 0 Å². The Kier molecular flexibility index (Phi) is 2.24. The van der Waals surface area contributed by atoms with Gasteiger partial charge in [0.05, 0.1) is 6.20 Å². The molecule has 5 nitrogen and oxygen atoms in total. The summed E-state index contributed by atoms with van der Waals surface area (Å²) in [6, 6.07) is 0. The van der Waals surface area contributed by atoms with Crippen molar-refractivity contribution in [1.29, 1.82) is 0 Å². The smallest absolute Gasteiger partial charge is 0.273 e. The first-order chi connectivity index (χ1) is 9.40. The molecule has 0 radical (unpaired) electrons. The van der Waals surface area contributed by atoms with E-state index in [9.17, 15) is 4.79 Å². The lowest BCUT2D eigenvalue weighted by Gasteiger charge is -2.65. The Morgan fingerprint density at radius 1 is 1.25 bits per heavy atom. The predicted molar refractivity (Wildman–Crippen MR) is 74.0 cm³/mol. The molecule has 0 aromatic carbocycles. The third-order valence-electron chi connectivity index (χ3n) is 5.65. The monoisotopic (exact) mass is 274 g/mol. The molecule has 1 amide bonds. The lowest BCUT2D eigenvalue weighted by atomic mass is 9.43. The van der Waals surface area contributed by atoms with Crippen molar-refractivity contribution in [2.75, 3.05) is 0 Å². The molecule has 5 rings (SSSR count). The van der Waals surface area contributed by atoms with Crippen LogP contribution in [-0.4, -0.2) is 26.9 Å². The minimum Gasteiger partial charge on any atom is -0.345 e. The highest BCUT2D eigenvalue weighted by molar-refractivity contribution is 5.92. The Hall–Kier alpha value is -1.39. The van der Waals surface area contributed by atoms with E-state index >= 15 is 0 Å². The van der Waals surface area contributed by atoms with E-state index in [1.54, 1.807) is 0 Å². The van der Waals surface area contributed by atoms with Gasteiger partial charge in [0.25, 0.3) is 5.91 Å². The highest BCUT2D eigenvalue weighted by Gasteiger charge is 2.60. The molecule has 0 aliphatic heterocycles. The van der Waals surface area contributed by atoms with Gasteiger partial charge in [0.15, 0.2) is 5.69 Å². The van der Waals surface area contributed by atoms with Gasteiger partial charge in [-0.3, -0.25) is 4.79 Å². The number of rotatable bonds is 2. The quantitative estimate of drug-likeness (QED) is 0.869. The number of nitrogens with zero attached hydrogens (tertiary/aromatic N) is 2. The minimum absolute atomic E-state index is 0.0149. The average molecular weight is 274 g/mol. The van der Waals surface area contributed by atoms with Crippen LogP contribution in [0.4, 0.5) is 0 Å². The van der Waals surface area contributed by atoms with Crippen LogP contribution >= 0.6 is 0 Å². The standard InChI is InChI=1S/C15H22N4O/c1-13-3-10-4-14(2,7-13)9-15(5-10,8-13)17-12(20)11-6-16-19-18-11/h6,10H,3-5,7-9H2,1-2H3,(H,17,20)(H,16,18,19). The fourth-order valence-corrected chi connectivity index (χ4v) is 6.20. The summed E-state index contributed by atoms with van der Waals surface area (Å²) in [6.45, 7) is 4.82. The highest BCUT2D eigenvalue weighted by atomic mass is 16.2. The first kappa shape index (κ1) is 12.4. The van der Waals surface area contributed by atoms with Gasteiger partial charge in [-0.15, -0.1) is 0 Å². The molecular formula is C15H22N4O. The third kappa shape index (κ3) is 1.79. The second kappa shape index (κ2) is 3.62. The van der Waals surface area contributed by atoms with E-state index in [1.807, 2.05) is 0 Å². The van der Waals surface area contributed by atoms with Crippen LogP contribution in [0.25, 0.3) is 0 Å². The summed E-state index contributed by atoms with van der Waals surface area (Å²) in [6.07, 6.45) is 8.87. The summed E-state index contributed by atoms with van der Waals surface area (Å²) < 4.78 is 0. The molecule has 4 saturated carbocycles. The number of aromatic amines is 1. The van der Waals surface area contributed by atoms with E-state index in [-0.39, 0.29) is 11.4 Å². The Morgan fingerprint density at radius 3 is 2.50 bits per heavy atom. The molecule has 4 aliphatic carbocycles. The summed E-state index contributed by atoms with van der Waals surface area (Å²) >= 11 is 0. The number of nitrogens with one attached hydrogen (secondary N) is 2. The Morgan fingerprint density at radius 2 is 1.95 bits per heavy atom. The number of hydrogen-bond acceptors (Lipinski definition) is 3. The van der Waals surface area contributed by atoms with Gasteiger partial charge in [0, 0.05) is 5.54 Å². The molecule has 5 heteroatoms. The second-order valence-corrected chi connectivity index (χ2v) is 8.22. The lowest BCUT2D eigenvalue weighted by Crippen LogP contribution is -2.65. The number of carbonyl (C=O) groups is 1. The normalized spacial score (nSPS) is 45.6. The average Bonchev–Trinajstić information content (AvgIpc) is 2.75. The molecule has 1 heterocycles. The SMILES string of the molecule is CC12CC3CC(C)(C1)CC(NC(=O)c1cn[nH]n1)(C3)C2. The van der Waals surface area contributed by atoms with Crippen molar-refractivity contribution in [3.05, 3.63) is 11.9 Å². The van der Waals surface area contributed by atoms with Gasteiger partial charge in [-0.2, -0.15) is 15.4 Å². The lowest BCUT2D eigenvalue weighted by molar-refractivity contribution is -0.114. The second-order valence-electron chi connectivity index (χ2n) is 8.22. The van der Waals surface area contributed by atoms with Gasteiger partial charge in [-0.1, -0.05) is 13.8 Å². The van der Waals surface area contributed by atoms with Crippen molar-refractivity contribution in [2.24, 2.45) is 16.7 Å². The largest absolute Gasteiger partial charge is 0.345 e. The van der Waals surface area contributed by atoms with E-state index in [4.69, 9.17) is 0 Å². The van der Waals surface area contributed by atoms with E-state index in [0.29, 0.717) is 16.5 Å². The van der Waals surface area contributed by atoms with Gasteiger partial charge in [-0.05, 0) is 55.3 Å². The molecule has 4 fully saturated rings. The zero-order valence-corrected chi connectivity index (χ0v) is 12.2. The fourth-order valence-electron chi connectivity index (χ4n) is 6.20. The van der Waals surface area contributed by atoms with Crippen LogP contribution in [-0.2, 0) is 0 Å². The van der Waals surface area contributed by atoms with Crippen LogP contribution < -0.4 is 5.32 Å². The van der Waals surface area contributed by atoms with Crippen LogP contribution in [0.1, 0.15) is 62.9 Å². The molecule has 20 heavy (non-hydrogen) atoms. The maximum absolute atomic E-state index is 12.4. The van der Waals surface area contributed by atoms with Gasteiger partial charge < -0.3 is 5.32 Å². The summed E-state index contributed by atoms with van der Waals surface area (Å²) in [4.78, 5) is 12.4. The minimum atomic E-state index is -0.0760. The summed E-state index contributed by atoms with van der Waals surface area (Å²) in [5.74, 6) is 0.701. The molecule has 1 aromatic rings. The van der Waals surface area contributed by atoms with Crippen LogP contribution in [0.15, 0.2) is 6.20 Å². The Labute approximate surface area is 118 Å². The van der Waals surface area contributed by atoms with Crippen molar-refractivity contribution >= 4 is 5.91 Å². The first-order valence-corrected chi connectivity index (χ1v) is 7.58. The molecule has 1 aromatic heterocycles. The van der Waals surface area contributed by atoms with E-state index < -0.39 is 0 Å². The number of hydrogen-bond donors (Lipinski definition) is 2. The van der Waals surface area contributed by atoms with Crippen molar-refractivity contribution in [3.8, 4) is 0 Å². The highest BCUT2D eigenvalue weighted by Crippen LogP contribution is 2.66. The molecule has 2 N–H and O–H groups in total. The van der Waals surface area contributed by atoms with Crippen LogP contribution in [0.5, 0.6) is 0 Å². The fraction of sp³-hybridized carbons (Fsp3) is 0.800.